The molecule has 0 aliphatic carbocycles. The standard InChI is InChI=1S/C5H9BO4/c1-5(7)10-4-2-3-6(8)9/h2-3,8-9H,4H2,1H3/b3-2+. The van der Waals surface area contributed by atoms with Gasteiger partial charge in [-0.05, 0) is 0 Å². The summed E-state index contributed by atoms with van der Waals surface area (Å²) in [6, 6.07) is 0. The summed E-state index contributed by atoms with van der Waals surface area (Å²) >= 11 is 0. The van der Waals surface area contributed by atoms with Crippen LogP contribution >= 0.6 is 0 Å². The largest absolute Gasteiger partial charge is 0.480 e. The normalized spacial score (nSPS) is 9.90. The van der Waals surface area contributed by atoms with Crippen LogP contribution in [-0.2, 0) is 9.53 Å². The van der Waals surface area contributed by atoms with Crippen LogP contribution in [0.1, 0.15) is 6.92 Å². The van der Waals surface area contributed by atoms with Crippen molar-refractivity contribution in [3.63, 3.8) is 0 Å². The number of rotatable bonds is 3. The zero-order valence-electron chi connectivity index (χ0n) is 5.65. The topological polar surface area (TPSA) is 66.8 Å². The second-order valence-corrected chi connectivity index (χ2v) is 1.64. The Hall–Kier alpha value is -0.805. The van der Waals surface area contributed by atoms with Gasteiger partial charge in [0, 0.05) is 6.92 Å². The Labute approximate surface area is 59.3 Å². The summed E-state index contributed by atoms with van der Waals surface area (Å²) in [7, 11) is -1.48. The summed E-state index contributed by atoms with van der Waals surface area (Å²) in [6.07, 6.45) is 1.35. The monoisotopic (exact) mass is 144 g/mol. The quantitative estimate of drug-likeness (QED) is 0.398. The lowest BCUT2D eigenvalue weighted by Gasteiger charge is -1.93. The molecule has 0 aromatic rings. The first kappa shape index (κ1) is 9.19. The lowest BCUT2D eigenvalue weighted by atomic mass is 9.92. The van der Waals surface area contributed by atoms with E-state index in [0.29, 0.717) is 0 Å². The summed E-state index contributed by atoms with van der Waals surface area (Å²) in [5.41, 5.74) is 0. The molecule has 4 nitrogen and oxygen atoms in total. The second-order valence-electron chi connectivity index (χ2n) is 1.64. The SMILES string of the molecule is CC(=O)OC/C=C/B(O)O. The average Bonchev–Trinajstić information content (AvgIpc) is 1.79. The van der Waals surface area contributed by atoms with Gasteiger partial charge in [-0.1, -0.05) is 12.1 Å². The maximum atomic E-state index is 10.1. The Balaban J connectivity index is 3.27. The third kappa shape index (κ3) is 7.19. The molecular weight excluding hydrogens is 135 g/mol. The van der Waals surface area contributed by atoms with Gasteiger partial charge in [-0.3, -0.25) is 4.79 Å². The van der Waals surface area contributed by atoms with Crippen molar-refractivity contribution < 1.29 is 19.6 Å². The van der Waals surface area contributed by atoms with Crippen LogP contribution in [0.2, 0.25) is 0 Å². The van der Waals surface area contributed by atoms with Gasteiger partial charge >= 0.3 is 13.1 Å². The first-order valence-electron chi connectivity index (χ1n) is 2.79. The Morgan fingerprint density at radius 1 is 1.70 bits per heavy atom. The Morgan fingerprint density at radius 2 is 2.30 bits per heavy atom. The van der Waals surface area contributed by atoms with E-state index in [1.54, 1.807) is 0 Å². The molecule has 0 spiro atoms. The summed E-state index contributed by atoms with van der Waals surface area (Å²) in [5.74, 6) is 0.722. The molecule has 0 bridgehead atoms. The minimum atomic E-state index is -1.48. The van der Waals surface area contributed by atoms with Crippen LogP contribution in [0.4, 0.5) is 0 Å². The van der Waals surface area contributed by atoms with Gasteiger partial charge in [0.15, 0.2) is 0 Å². The summed E-state index contributed by atoms with van der Waals surface area (Å²) in [4.78, 5) is 10.1. The van der Waals surface area contributed by atoms with E-state index in [4.69, 9.17) is 10.0 Å². The highest BCUT2D eigenvalue weighted by atomic mass is 16.5. The molecule has 0 aliphatic rings. The highest BCUT2D eigenvalue weighted by Gasteiger charge is 1.96. The van der Waals surface area contributed by atoms with Gasteiger partial charge in [-0.2, -0.15) is 0 Å². The fraction of sp³-hybridized carbons (Fsp3) is 0.400. The maximum absolute atomic E-state index is 10.1. The molecule has 0 amide bonds. The van der Waals surface area contributed by atoms with E-state index < -0.39 is 13.1 Å². The highest BCUT2D eigenvalue weighted by molar-refractivity contribution is 6.47. The first-order valence-corrected chi connectivity index (χ1v) is 2.79. The smallest absolute Gasteiger partial charge is 0.462 e. The van der Waals surface area contributed by atoms with Crippen molar-refractivity contribution in [2.24, 2.45) is 0 Å². The van der Waals surface area contributed by atoms with Gasteiger partial charge in [0.05, 0.1) is 0 Å². The lowest BCUT2D eigenvalue weighted by molar-refractivity contribution is -0.139. The Morgan fingerprint density at radius 3 is 2.70 bits per heavy atom. The summed E-state index contributed by atoms with van der Waals surface area (Å²) < 4.78 is 4.44. The van der Waals surface area contributed by atoms with Crippen molar-refractivity contribution in [1.82, 2.24) is 0 Å². The molecule has 0 fully saturated rings. The molecule has 0 saturated carbocycles. The summed E-state index contributed by atoms with van der Waals surface area (Å²) in [5, 5.41) is 16.5. The van der Waals surface area contributed by atoms with Gasteiger partial charge in [-0.25, -0.2) is 0 Å². The van der Waals surface area contributed by atoms with Gasteiger partial charge in [-0.15, -0.1) is 0 Å². The number of esters is 1. The molecular formula is C5H9BO4. The molecule has 0 aromatic carbocycles. The number of ether oxygens (including phenoxy) is 1. The van der Waals surface area contributed by atoms with Gasteiger partial charge in [0.1, 0.15) is 6.61 Å². The minimum absolute atomic E-state index is 0.0763. The van der Waals surface area contributed by atoms with E-state index in [1.165, 1.54) is 13.0 Å². The van der Waals surface area contributed by atoms with E-state index >= 15 is 0 Å². The van der Waals surface area contributed by atoms with Crippen LogP contribution in [-0.4, -0.2) is 29.7 Å². The van der Waals surface area contributed by atoms with Crippen LogP contribution in [0, 0.1) is 0 Å². The van der Waals surface area contributed by atoms with E-state index in [-0.39, 0.29) is 6.61 Å². The number of hydrogen-bond donors (Lipinski definition) is 2. The van der Waals surface area contributed by atoms with Crippen LogP contribution in [0.5, 0.6) is 0 Å². The molecule has 10 heavy (non-hydrogen) atoms. The molecule has 0 saturated heterocycles. The fourth-order valence-corrected chi connectivity index (χ4v) is 0.343. The van der Waals surface area contributed by atoms with E-state index in [2.05, 4.69) is 4.74 Å². The minimum Gasteiger partial charge on any atom is -0.462 e. The molecule has 0 aromatic heterocycles. The van der Waals surface area contributed by atoms with Gasteiger partial charge in [0.2, 0.25) is 0 Å². The molecule has 0 rings (SSSR count). The Kier molecular flexibility index (Phi) is 4.61. The van der Waals surface area contributed by atoms with Gasteiger partial charge in [0.25, 0.3) is 0 Å². The third-order valence-electron chi connectivity index (χ3n) is 0.691. The fourth-order valence-electron chi connectivity index (χ4n) is 0.343. The van der Waals surface area contributed by atoms with Crippen molar-refractivity contribution in [2.75, 3.05) is 6.61 Å². The first-order chi connectivity index (χ1) is 4.63. The van der Waals surface area contributed by atoms with Crippen LogP contribution in [0.15, 0.2) is 12.1 Å². The molecule has 0 heterocycles. The molecule has 0 radical (unpaired) electrons. The van der Waals surface area contributed by atoms with Crippen LogP contribution in [0.25, 0.3) is 0 Å². The van der Waals surface area contributed by atoms with Crippen molar-refractivity contribution in [2.45, 2.75) is 6.92 Å². The number of carbonyl (C=O) groups excluding carboxylic acids is 1. The zero-order valence-corrected chi connectivity index (χ0v) is 5.65. The van der Waals surface area contributed by atoms with E-state index in [1.807, 2.05) is 0 Å². The van der Waals surface area contributed by atoms with Crippen molar-refractivity contribution in [1.29, 1.82) is 0 Å². The predicted octanol–water partition coefficient (Wildman–Crippen LogP) is -0.882. The highest BCUT2D eigenvalue weighted by Crippen LogP contribution is 1.79. The van der Waals surface area contributed by atoms with Gasteiger partial charge < -0.3 is 14.8 Å². The van der Waals surface area contributed by atoms with E-state index in [9.17, 15) is 4.79 Å². The van der Waals surface area contributed by atoms with Crippen molar-refractivity contribution >= 4 is 13.1 Å². The number of hydrogen-bond acceptors (Lipinski definition) is 4. The average molecular weight is 144 g/mol. The second kappa shape index (κ2) is 5.02. The van der Waals surface area contributed by atoms with Crippen molar-refractivity contribution in [3.8, 4) is 0 Å². The third-order valence-corrected chi connectivity index (χ3v) is 0.691. The number of carbonyl (C=O) groups is 1. The molecule has 0 unspecified atom stereocenters. The lowest BCUT2D eigenvalue weighted by Crippen LogP contribution is -2.07. The molecule has 2 N–H and O–H groups in total. The van der Waals surface area contributed by atoms with Crippen molar-refractivity contribution in [3.05, 3.63) is 12.1 Å². The zero-order chi connectivity index (χ0) is 7.98. The Bertz CT molecular complexity index is 132. The maximum Gasteiger partial charge on any atom is 0.480 e. The predicted molar refractivity (Wildman–Crippen MR) is 36.0 cm³/mol. The van der Waals surface area contributed by atoms with Crippen LogP contribution < -0.4 is 0 Å². The van der Waals surface area contributed by atoms with E-state index in [0.717, 1.165) is 5.98 Å². The van der Waals surface area contributed by atoms with Crippen LogP contribution in [0.3, 0.4) is 0 Å². The molecule has 0 atom stereocenters. The summed E-state index contributed by atoms with van der Waals surface area (Å²) in [6.45, 7) is 1.36. The molecule has 0 aliphatic heterocycles. The molecule has 56 valence electrons. The molecule has 5 heteroatoms.